The normalized spacial score (nSPS) is 11.2. The van der Waals surface area contributed by atoms with E-state index < -0.39 is 0 Å². The number of thioether (sulfide) groups is 2. The molecule has 0 spiro atoms. The van der Waals surface area contributed by atoms with Crippen molar-refractivity contribution in [2.45, 2.75) is 36.7 Å². The zero-order valence-electron chi connectivity index (χ0n) is 8.14. The molecule has 0 saturated carbocycles. The molecule has 0 amide bonds. The molecule has 0 atom stereocenters. The summed E-state index contributed by atoms with van der Waals surface area (Å²) in [7, 11) is 0. The Kier molecular flexibility index (Phi) is 6.89. The molecule has 0 fully saturated rings. The zero-order chi connectivity index (χ0) is 9.45. The van der Waals surface area contributed by atoms with Crippen LogP contribution in [0.5, 0.6) is 0 Å². The number of unbranched alkanes of at least 4 members (excludes halogenated alkanes) is 2. The van der Waals surface area contributed by atoms with Gasteiger partial charge in [0.1, 0.15) is 0 Å². The highest BCUT2D eigenvalue weighted by atomic mass is 32.2. The maximum Gasteiger partial charge on any atom is 0.0577 e. The van der Waals surface area contributed by atoms with Crippen molar-refractivity contribution in [1.29, 1.82) is 0 Å². The van der Waals surface area contributed by atoms with Gasteiger partial charge in [-0.25, -0.2) is 0 Å². The largest absolute Gasteiger partial charge is 0.148 e. The van der Waals surface area contributed by atoms with Gasteiger partial charge < -0.3 is 0 Å². The average molecular weight is 201 g/mol. The average Bonchev–Trinajstić information content (AvgIpc) is 2.12. The topological polar surface area (TPSA) is 0 Å². The van der Waals surface area contributed by atoms with Gasteiger partial charge in [-0.3, -0.25) is 0 Å². The minimum atomic E-state index is 0.377. The molecule has 0 saturated heterocycles. The van der Waals surface area contributed by atoms with E-state index >= 15 is 0 Å². The summed E-state index contributed by atoms with van der Waals surface area (Å²) >= 11 is 3.85. The molecule has 12 heavy (non-hydrogen) atoms. The van der Waals surface area contributed by atoms with Crippen LogP contribution in [-0.2, 0) is 0 Å². The minimum absolute atomic E-state index is 0.377. The van der Waals surface area contributed by atoms with Crippen molar-refractivity contribution in [2.24, 2.45) is 0 Å². The van der Waals surface area contributed by atoms with Crippen LogP contribution in [0.1, 0.15) is 32.6 Å². The van der Waals surface area contributed by atoms with Crippen LogP contribution < -0.4 is 0 Å². The van der Waals surface area contributed by atoms with Gasteiger partial charge in [-0.15, -0.1) is 23.5 Å². The first-order valence-electron chi connectivity index (χ1n) is 4.18. The minimum Gasteiger partial charge on any atom is -0.148 e. The van der Waals surface area contributed by atoms with Crippen molar-refractivity contribution >= 4 is 23.5 Å². The van der Waals surface area contributed by atoms with Gasteiger partial charge >= 0.3 is 0 Å². The van der Waals surface area contributed by atoms with Crippen LogP contribution in [0.15, 0.2) is 0 Å². The van der Waals surface area contributed by atoms with Crippen molar-refractivity contribution in [3.63, 3.8) is 0 Å². The van der Waals surface area contributed by atoms with E-state index in [-0.39, 0.29) is 0 Å². The number of hydrogen-bond acceptors (Lipinski definition) is 2. The number of rotatable bonds is 6. The van der Waals surface area contributed by atoms with Crippen LogP contribution in [0.4, 0.5) is 0 Å². The molecule has 0 aliphatic carbocycles. The van der Waals surface area contributed by atoms with Gasteiger partial charge in [0.2, 0.25) is 0 Å². The summed E-state index contributed by atoms with van der Waals surface area (Å²) in [4.78, 5) is 0. The highest BCUT2D eigenvalue weighted by molar-refractivity contribution is 8.17. The monoisotopic (exact) mass is 201 g/mol. The molecule has 0 unspecified atom stereocenters. The third kappa shape index (κ3) is 5.00. The molecule has 69 valence electrons. The van der Waals surface area contributed by atoms with Crippen LogP contribution in [-0.4, -0.2) is 16.6 Å². The maximum atomic E-state index is 6.77. The fourth-order valence-electron chi connectivity index (χ4n) is 0.947. The lowest BCUT2D eigenvalue weighted by atomic mass is 10.1. The molecule has 0 N–H and O–H groups in total. The standard InChI is InChI=1S/C10H17S2/c1-5-6-7-8-9-10(2,11-3)12-4/h6-9H2,2-4H3. The Morgan fingerprint density at radius 3 is 2.25 bits per heavy atom. The van der Waals surface area contributed by atoms with E-state index in [1.54, 1.807) is 0 Å². The van der Waals surface area contributed by atoms with E-state index in [0.29, 0.717) is 4.08 Å². The van der Waals surface area contributed by atoms with E-state index in [2.05, 4.69) is 25.4 Å². The molecule has 0 rings (SSSR count). The Morgan fingerprint density at radius 1 is 1.25 bits per heavy atom. The Bertz CT molecular complexity index is 142. The summed E-state index contributed by atoms with van der Waals surface area (Å²) in [6, 6.07) is 0. The van der Waals surface area contributed by atoms with Crippen molar-refractivity contribution in [3.05, 3.63) is 6.42 Å². The second-order valence-electron chi connectivity index (χ2n) is 2.93. The lowest BCUT2D eigenvalue weighted by molar-refractivity contribution is 0.666. The van der Waals surface area contributed by atoms with Crippen molar-refractivity contribution < 1.29 is 0 Å². The second kappa shape index (κ2) is 6.74. The van der Waals surface area contributed by atoms with Crippen molar-refractivity contribution in [2.75, 3.05) is 12.5 Å². The van der Waals surface area contributed by atoms with E-state index in [0.717, 1.165) is 12.8 Å². The quantitative estimate of drug-likeness (QED) is 0.366. The summed E-state index contributed by atoms with van der Waals surface area (Å²) < 4.78 is 0.377. The SMILES string of the molecule is [C]#CCCCCC(C)(SC)SC. The molecule has 1 radical (unpaired) electrons. The summed E-state index contributed by atoms with van der Waals surface area (Å²) in [5, 5.41) is 0. The summed E-state index contributed by atoms with van der Waals surface area (Å²) in [6.45, 7) is 2.29. The molecule has 0 nitrogen and oxygen atoms in total. The highest BCUT2D eigenvalue weighted by Crippen LogP contribution is 2.37. The fraction of sp³-hybridized carbons (Fsp3) is 0.800. The summed E-state index contributed by atoms with van der Waals surface area (Å²) in [5.74, 6) is 2.43. The van der Waals surface area contributed by atoms with Crippen LogP contribution in [0.2, 0.25) is 0 Å². The third-order valence-corrected chi connectivity index (χ3v) is 5.18. The first-order valence-corrected chi connectivity index (χ1v) is 6.63. The summed E-state index contributed by atoms with van der Waals surface area (Å²) in [5.41, 5.74) is 0. The molecule has 0 bridgehead atoms. The molecule has 0 aromatic heterocycles. The van der Waals surface area contributed by atoms with E-state index in [9.17, 15) is 0 Å². The fourth-order valence-corrected chi connectivity index (χ4v) is 2.31. The van der Waals surface area contributed by atoms with E-state index in [4.69, 9.17) is 6.42 Å². The van der Waals surface area contributed by atoms with E-state index in [1.165, 1.54) is 12.8 Å². The second-order valence-corrected chi connectivity index (χ2v) is 5.80. The van der Waals surface area contributed by atoms with Crippen molar-refractivity contribution in [3.8, 4) is 5.92 Å². The molecule has 0 aliphatic rings. The van der Waals surface area contributed by atoms with Gasteiger partial charge in [0.25, 0.3) is 0 Å². The maximum absolute atomic E-state index is 6.77. The predicted molar refractivity (Wildman–Crippen MR) is 61.0 cm³/mol. The van der Waals surface area contributed by atoms with Crippen molar-refractivity contribution in [1.82, 2.24) is 0 Å². The Balaban J connectivity index is 3.53. The molecular formula is C10H17S2. The zero-order valence-corrected chi connectivity index (χ0v) is 9.78. The molecule has 0 aromatic carbocycles. The van der Waals surface area contributed by atoms with Gasteiger partial charge in [-0.2, -0.15) is 0 Å². The van der Waals surface area contributed by atoms with Crippen LogP contribution in [0.3, 0.4) is 0 Å². The summed E-state index contributed by atoms with van der Waals surface area (Å²) in [6.07, 6.45) is 15.5. The Hall–Kier alpha value is 0.260. The molecule has 0 aliphatic heterocycles. The van der Waals surface area contributed by atoms with Crippen LogP contribution in [0.25, 0.3) is 0 Å². The van der Waals surface area contributed by atoms with Gasteiger partial charge in [-0.1, -0.05) is 12.3 Å². The molecule has 0 heterocycles. The third-order valence-electron chi connectivity index (χ3n) is 2.05. The number of hydrogen-bond donors (Lipinski definition) is 0. The Labute approximate surface area is 85.3 Å². The molecule has 2 heteroatoms. The smallest absolute Gasteiger partial charge is 0.0577 e. The highest BCUT2D eigenvalue weighted by Gasteiger charge is 2.19. The van der Waals surface area contributed by atoms with Crippen LogP contribution >= 0.6 is 23.5 Å². The van der Waals surface area contributed by atoms with Crippen LogP contribution in [0, 0.1) is 12.3 Å². The molecule has 0 aromatic rings. The lowest BCUT2D eigenvalue weighted by Gasteiger charge is -2.24. The van der Waals surface area contributed by atoms with Gasteiger partial charge in [0, 0.05) is 6.42 Å². The Morgan fingerprint density at radius 2 is 1.83 bits per heavy atom. The lowest BCUT2D eigenvalue weighted by Crippen LogP contribution is -2.13. The van der Waals surface area contributed by atoms with Gasteiger partial charge in [0.05, 0.1) is 4.08 Å². The predicted octanol–water partition coefficient (Wildman–Crippen LogP) is 3.58. The molecular weight excluding hydrogens is 184 g/mol. The van der Waals surface area contributed by atoms with Gasteiger partial charge in [0.15, 0.2) is 0 Å². The first kappa shape index (κ1) is 12.3. The first-order chi connectivity index (χ1) is 5.68. The van der Waals surface area contributed by atoms with E-state index in [1.807, 2.05) is 23.5 Å². The van der Waals surface area contributed by atoms with Gasteiger partial charge in [-0.05, 0) is 38.7 Å².